The molecule has 2 aromatic carbocycles. The minimum atomic E-state index is -0.911. The standard InChI is InChI=1S/C21H22ClFN2O4S/c1-30-11-10-18(25-20(27)16-4-2-3-5-17(16)22)21(28)29-13-19(26)24-12-14-6-8-15(23)9-7-14/h2-9,18H,10-13H2,1H3,(H,24,26)(H,25,27)/t18-/m1/s1. The van der Waals surface area contributed by atoms with Crippen LogP contribution < -0.4 is 10.6 Å². The van der Waals surface area contributed by atoms with Crippen LogP contribution in [0, 0.1) is 5.82 Å². The lowest BCUT2D eigenvalue weighted by Gasteiger charge is -2.17. The molecule has 160 valence electrons. The van der Waals surface area contributed by atoms with Crippen LogP contribution in [-0.2, 0) is 20.9 Å². The molecule has 0 bridgehead atoms. The SMILES string of the molecule is CSCC[C@@H](NC(=O)c1ccccc1Cl)C(=O)OCC(=O)NCc1ccc(F)cc1. The van der Waals surface area contributed by atoms with Gasteiger partial charge in [-0.2, -0.15) is 11.8 Å². The van der Waals surface area contributed by atoms with Gasteiger partial charge in [-0.15, -0.1) is 0 Å². The summed E-state index contributed by atoms with van der Waals surface area (Å²) in [5.41, 5.74) is 0.957. The Bertz CT molecular complexity index is 880. The molecule has 2 rings (SSSR count). The number of thioether (sulfide) groups is 1. The molecule has 0 aliphatic carbocycles. The molecule has 6 nitrogen and oxygen atoms in total. The van der Waals surface area contributed by atoms with Gasteiger partial charge < -0.3 is 15.4 Å². The lowest BCUT2D eigenvalue weighted by molar-refractivity contribution is -0.150. The van der Waals surface area contributed by atoms with Gasteiger partial charge >= 0.3 is 5.97 Å². The van der Waals surface area contributed by atoms with Crippen LogP contribution in [0.2, 0.25) is 5.02 Å². The van der Waals surface area contributed by atoms with Gasteiger partial charge in [0, 0.05) is 6.54 Å². The molecule has 9 heteroatoms. The van der Waals surface area contributed by atoms with Crippen molar-refractivity contribution in [2.24, 2.45) is 0 Å². The molecule has 0 heterocycles. The van der Waals surface area contributed by atoms with Gasteiger partial charge in [-0.05, 0) is 48.3 Å². The van der Waals surface area contributed by atoms with Crippen molar-refractivity contribution in [2.75, 3.05) is 18.6 Å². The quantitative estimate of drug-likeness (QED) is 0.541. The molecule has 0 saturated carbocycles. The molecule has 2 N–H and O–H groups in total. The van der Waals surface area contributed by atoms with E-state index in [0.717, 1.165) is 0 Å². The first kappa shape index (κ1) is 23.7. The molecule has 0 radical (unpaired) electrons. The van der Waals surface area contributed by atoms with E-state index in [1.165, 1.54) is 23.9 Å². The van der Waals surface area contributed by atoms with Gasteiger partial charge in [0.15, 0.2) is 6.61 Å². The topological polar surface area (TPSA) is 84.5 Å². The summed E-state index contributed by atoms with van der Waals surface area (Å²) in [7, 11) is 0. The fourth-order valence-electron chi connectivity index (χ4n) is 2.46. The van der Waals surface area contributed by atoms with E-state index in [2.05, 4.69) is 10.6 Å². The highest BCUT2D eigenvalue weighted by Gasteiger charge is 2.24. The van der Waals surface area contributed by atoms with Crippen molar-refractivity contribution in [2.45, 2.75) is 19.0 Å². The highest BCUT2D eigenvalue weighted by atomic mass is 35.5. The summed E-state index contributed by atoms with van der Waals surface area (Å²) in [5.74, 6) is -1.46. The monoisotopic (exact) mass is 452 g/mol. The molecule has 2 amide bonds. The fourth-order valence-corrected chi connectivity index (χ4v) is 3.15. The number of hydrogen-bond acceptors (Lipinski definition) is 5. The molecule has 0 fully saturated rings. The number of esters is 1. The van der Waals surface area contributed by atoms with Crippen LogP contribution in [-0.4, -0.2) is 42.4 Å². The van der Waals surface area contributed by atoms with E-state index >= 15 is 0 Å². The Balaban J connectivity index is 1.87. The van der Waals surface area contributed by atoms with Crippen LogP contribution in [0.25, 0.3) is 0 Å². The van der Waals surface area contributed by atoms with Crippen molar-refractivity contribution in [1.82, 2.24) is 10.6 Å². The largest absolute Gasteiger partial charge is 0.454 e. The Hall–Kier alpha value is -2.58. The zero-order valence-corrected chi connectivity index (χ0v) is 17.9. The minimum absolute atomic E-state index is 0.176. The minimum Gasteiger partial charge on any atom is -0.454 e. The van der Waals surface area contributed by atoms with E-state index in [1.807, 2.05) is 6.26 Å². The van der Waals surface area contributed by atoms with Crippen molar-refractivity contribution in [3.05, 3.63) is 70.5 Å². The molecule has 0 aliphatic heterocycles. The van der Waals surface area contributed by atoms with Crippen molar-refractivity contribution in [1.29, 1.82) is 0 Å². The highest BCUT2D eigenvalue weighted by molar-refractivity contribution is 7.98. The van der Waals surface area contributed by atoms with Crippen molar-refractivity contribution in [3.8, 4) is 0 Å². The summed E-state index contributed by atoms with van der Waals surface area (Å²) >= 11 is 7.54. The summed E-state index contributed by atoms with van der Waals surface area (Å²) in [6, 6.07) is 11.3. The first-order chi connectivity index (χ1) is 14.4. The number of benzene rings is 2. The van der Waals surface area contributed by atoms with E-state index in [-0.39, 0.29) is 22.9 Å². The van der Waals surface area contributed by atoms with Crippen LogP contribution in [0.5, 0.6) is 0 Å². The number of ether oxygens (including phenoxy) is 1. The average molecular weight is 453 g/mol. The normalized spacial score (nSPS) is 11.4. The second-order valence-electron chi connectivity index (χ2n) is 6.30. The van der Waals surface area contributed by atoms with Crippen LogP contribution >= 0.6 is 23.4 Å². The average Bonchev–Trinajstić information content (AvgIpc) is 2.74. The number of nitrogens with one attached hydrogen (secondary N) is 2. The molecule has 0 spiro atoms. The number of hydrogen-bond donors (Lipinski definition) is 2. The van der Waals surface area contributed by atoms with E-state index < -0.39 is 30.4 Å². The Kier molecular flexibility index (Phi) is 9.63. The summed E-state index contributed by atoms with van der Waals surface area (Å²) in [4.78, 5) is 36.8. The number of carbonyl (C=O) groups excluding carboxylic acids is 3. The molecule has 0 aromatic heterocycles. The molecular weight excluding hydrogens is 431 g/mol. The van der Waals surface area contributed by atoms with Crippen molar-refractivity contribution < 1.29 is 23.5 Å². The van der Waals surface area contributed by atoms with E-state index in [4.69, 9.17) is 16.3 Å². The summed E-state index contributed by atoms with van der Waals surface area (Å²) in [6.07, 6.45) is 2.22. The Morgan fingerprint density at radius 2 is 1.83 bits per heavy atom. The number of amides is 2. The molecule has 0 aliphatic rings. The number of carbonyl (C=O) groups is 3. The second-order valence-corrected chi connectivity index (χ2v) is 7.69. The molecule has 2 aromatic rings. The fraction of sp³-hybridized carbons (Fsp3) is 0.286. The van der Waals surface area contributed by atoms with Gasteiger partial charge in [0.05, 0.1) is 10.6 Å². The molecule has 1 atom stereocenters. The predicted molar refractivity (Wildman–Crippen MR) is 115 cm³/mol. The second kappa shape index (κ2) is 12.2. The first-order valence-electron chi connectivity index (χ1n) is 9.13. The zero-order chi connectivity index (χ0) is 21.9. The molecule has 30 heavy (non-hydrogen) atoms. The van der Waals surface area contributed by atoms with Crippen molar-refractivity contribution >= 4 is 41.1 Å². The van der Waals surface area contributed by atoms with Gasteiger partial charge in [-0.25, -0.2) is 9.18 Å². The maximum absolute atomic E-state index is 12.9. The van der Waals surface area contributed by atoms with Gasteiger partial charge in [-0.3, -0.25) is 9.59 Å². The van der Waals surface area contributed by atoms with Crippen LogP contribution in [0.4, 0.5) is 4.39 Å². The number of halogens is 2. The van der Waals surface area contributed by atoms with Gasteiger partial charge in [0.25, 0.3) is 11.8 Å². The van der Waals surface area contributed by atoms with E-state index in [0.29, 0.717) is 17.7 Å². The van der Waals surface area contributed by atoms with Crippen LogP contribution in [0.15, 0.2) is 48.5 Å². The lowest BCUT2D eigenvalue weighted by atomic mass is 10.1. The molecular formula is C21H22ClFN2O4S. The van der Waals surface area contributed by atoms with Crippen LogP contribution in [0.3, 0.4) is 0 Å². The van der Waals surface area contributed by atoms with Gasteiger partial charge in [-0.1, -0.05) is 35.9 Å². The third-order valence-corrected chi connectivity index (χ3v) is 5.04. The number of rotatable bonds is 10. The first-order valence-corrected chi connectivity index (χ1v) is 10.9. The zero-order valence-electron chi connectivity index (χ0n) is 16.3. The van der Waals surface area contributed by atoms with Gasteiger partial charge in [0.1, 0.15) is 11.9 Å². The van der Waals surface area contributed by atoms with E-state index in [1.54, 1.807) is 36.4 Å². The van der Waals surface area contributed by atoms with Gasteiger partial charge in [0.2, 0.25) is 0 Å². The lowest BCUT2D eigenvalue weighted by Crippen LogP contribution is -2.43. The third kappa shape index (κ3) is 7.68. The Morgan fingerprint density at radius 3 is 2.50 bits per heavy atom. The smallest absolute Gasteiger partial charge is 0.329 e. The van der Waals surface area contributed by atoms with Crippen molar-refractivity contribution in [3.63, 3.8) is 0 Å². The maximum atomic E-state index is 12.9. The highest BCUT2D eigenvalue weighted by Crippen LogP contribution is 2.15. The summed E-state index contributed by atoms with van der Waals surface area (Å²) < 4.78 is 18.0. The Morgan fingerprint density at radius 1 is 1.13 bits per heavy atom. The molecule has 0 saturated heterocycles. The van der Waals surface area contributed by atoms with Crippen LogP contribution in [0.1, 0.15) is 22.3 Å². The van der Waals surface area contributed by atoms with E-state index in [9.17, 15) is 18.8 Å². The maximum Gasteiger partial charge on any atom is 0.329 e. The molecule has 0 unspecified atom stereocenters. The predicted octanol–water partition coefficient (Wildman–Crippen LogP) is 3.19. The Labute approximate surface area is 183 Å². The summed E-state index contributed by atoms with van der Waals surface area (Å²) in [5, 5.41) is 5.47. The summed E-state index contributed by atoms with van der Waals surface area (Å²) in [6.45, 7) is -0.312. The third-order valence-electron chi connectivity index (χ3n) is 4.07.